The zero-order valence-electron chi connectivity index (χ0n) is 13.1. The van der Waals surface area contributed by atoms with Crippen molar-refractivity contribution in [2.75, 3.05) is 0 Å². The minimum absolute atomic E-state index is 0.287. The van der Waals surface area contributed by atoms with E-state index < -0.39 is 29.1 Å². The maximum absolute atomic E-state index is 12.6. The number of nitrogens with one attached hydrogen (secondary N) is 1. The second kappa shape index (κ2) is 8.47. The molecule has 1 aromatic carbocycles. The highest BCUT2D eigenvalue weighted by Crippen LogP contribution is 2.25. The first kappa shape index (κ1) is 18.9. The lowest BCUT2D eigenvalue weighted by Crippen LogP contribution is -2.45. The SMILES string of the molecule is CC(=O)SC(C(=O)c1ccccc1)C(C)C(=O)N[C@@H](C)C(=O)O. The molecule has 1 rings (SSSR count). The van der Waals surface area contributed by atoms with Gasteiger partial charge < -0.3 is 10.4 Å². The molecule has 1 amide bonds. The summed E-state index contributed by atoms with van der Waals surface area (Å²) in [5.74, 6) is -2.94. The third kappa shape index (κ3) is 5.52. The summed E-state index contributed by atoms with van der Waals surface area (Å²) in [5, 5.41) is 9.97. The minimum Gasteiger partial charge on any atom is -0.480 e. The average Bonchev–Trinajstić information content (AvgIpc) is 2.51. The highest BCUT2D eigenvalue weighted by molar-refractivity contribution is 8.14. The van der Waals surface area contributed by atoms with Crippen LogP contribution in [0.25, 0.3) is 0 Å². The summed E-state index contributed by atoms with van der Waals surface area (Å²) >= 11 is 0.778. The van der Waals surface area contributed by atoms with Gasteiger partial charge in [-0.15, -0.1) is 0 Å². The number of Topliss-reactive ketones (excluding diaryl/α,β-unsaturated/α-hetero) is 1. The smallest absolute Gasteiger partial charge is 0.325 e. The number of ketones is 1. The van der Waals surface area contributed by atoms with Crippen molar-refractivity contribution < 1.29 is 24.3 Å². The van der Waals surface area contributed by atoms with Crippen LogP contribution in [0.1, 0.15) is 31.1 Å². The van der Waals surface area contributed by atoms with Crippen molar-refractivity contribution in [1.82, 2.24) is 5.32 Å². The van der Waals surface area contributed by atoms with Gasteiger partial charge in [0.25, 0.3) is 0 Å². The maximum Gasteiger partial charge on any atom is 0.325 e. The summed E-state index contributed by atoms with van der Waals surface area (Å²) in [4.78, 5) is 47.0. The van der Waals surface area contributed by atoms with E-state index in [2.05, 4.69) is 5.32 Å². The minimum atomic E-state index is -1.17. The van der Waals surface area contributed by atoms with Crippen LogP contribution in [0.2, 0.25) is 0 Å². The summed E-state index contributed by atoms with van der Waals surface area (Å²) in [6.45, 7) is 4.16. The Morgan fingerprint density at radius 2 is 1.65 bits per heavy atom. The Balaban J connectivity index is 2.97. The predicted molar refractivity (Wildman–Crippen MR) is 87.2 cm³/mol. The number of carbonyl (C=O) groups is 4. The van der Waals surface area contributed by atoms with E-state index in [1.165, 1.54) is 20.8 Å². The molecule has 7 heteroatoms. The van der Waals surface area contributed by atoms with Gasteiger partial charge in [-0.05, 0) is 6.92 Å². The van der Waals surface area contributed by atoms with Crippen LogP contribution in [0.4, 0.5) is 0 Å². The Labute approximate surface area is 138 Å². The Morgan fingerprint density at radius 1 is 1.09 bits per heavy atom. The monoisotopic (exact) mass is 337 g/mol. The lowest BCUT2D eigenvalue weighted by atomic mass is 9.98. The van der Waals surface area contributed by atoms with Crippen LogP contribution in [-0.2, 0) is 14.4 Å². The molecule has 0 aliphatic heterocycles. The fourth-order valence-electron chi connectivity index (χ4n) is 1.87. The number of carboxylic acids is 1. The molecule has 1 aromatic rings. The molecule has 2 N–H and O–H groups in total. The molecule has 0 fully saturated rings. The molecule has 0 heterocycles. The molecule has 6 nitrogen and oxygen atoms in total. The molecule has 0 saturated carbocycles. The maximum atomic E-state index is 12.6. The molecule has 2 unspecified atom stereocenters. The third-order valence-electron chi connectivity index (χ3n) is 3.21. The van der Waals surface area contributed by atoms with Crippen molar-refractivity contribution in [2.24, 2.45) is 5.92 Å². The molecule has 23 heavy (non-hydrogen) atoms. The van der Waals surface area contributed by atoms with Crippen molar-refractivity contribution in [3.63, 3.8) is 0 Å². The molecule has 0 spiro atoms. The number of carboxylic acid groups (broad SMARTS) is 1. The zero-order chi connectivity index (χ0) is 17.6. The van der Waals surface area contributed by atoms with E-state index >= 15 is 0 Å². The van der Waals surface area contributed by atoms with Gasteiger partial charge in [-0.1, -0.05) is 49.0 Å². The van der Waals surface area contributed by atoms with Crippen LogP contribution in [-0.4, -0.2) is 39.2 Å². The van der Waals surface area contributed by atoms with Crippen molar-refractivity contribution in [1.29, 1.82) is 0 Å². The average molecular weight is 337 g/mol. The third-order valence-corrected chi connectivity index (χ3v) is 4.41. The quantitative estimate of drug-likeness (QED) is 0.735. The number of hydrogen-bond acceptors (Lipinski definition) is 5. The van der Waals surface area contributed by atoms with Crippen LogP contribution >= 0.6 is 11.8 Å². The van der Waals surface area contributed by atoms with E-state index in [1.54, 1.807) is 30.3 Å². The van der Waals surface area contributed by atoms with Gasteiger partial charge in [-0.3, -0.25) is 19.2 Å². The second-order valence-corrected chi connectivity index (χ2v) is 6.44. The van der Waals surface area contributed by atoms with Gasteiger partial charge in [-0.25, -0.2) is 0 Å². The first-order chi connectivity index (χ1) is 10.7. The van der Waals surface area contributed by atoms with Crippen molar-refractivity contribution in [3.8, 4) is 0 Å². The number of rotatable bonds is 7. The molecular weight excluding hydrogens is 318 g/mol. The molecule has 0 aliphatic rings. The van der Waals surface area contributed by atoms with Gasteiger partial charge in [0.05, 0.1) is 11.2 Å². The fourth-order valence-corrected chi connectivity index (χ4v) is 2.80. The lowest BCUT2D eigenvalue weighted by Gasteiger charge is -2.22. The number of amides is 1. The molecule has 0 radical (unpaired) electrons. The van der Waals surface area contributed by atoms with Crippen molar-refractivity contribution in [2.45, 2.75) is 32.1 Å². The number of thioether (sulfide) groups is 1. The predicted octanol–water partition coefficient (Wildman–Crippen LogP) is 1.74. The van der Waals surface area contributed by atoms with E-state index in [9.17, 15) is 19.2 Å². The Bertz CT molecular complexity index is 602. The highest BCUT2D eigenvalue weighted by atomic mass is 32.2. The topological polar surface area (TPSA) is 101 Å². The summed E-state index contributed by atoms with van der Waals surface area (Å²) < 4.78 is 0. The molecule has 0 aliphatic carbocycles. The van der Waals surface area contributed by atoms with Crippen LogP contribution in [0.5, 0.6) is 0 Å². The number of hydrogen-bond donors (Lipinski definition) is 2. The van der Waals surface area contributed by atoms with Gasteiger partial charge in [-0.2, -0.15) is 0 Å². The van der Waals surface area contributed by atoms with Gasteiger partial charge in [0.1, 0.15) is 6.04 Å². The Kier molecular flexibility index (Phi) is 6.96. The summed E-state index contributed by atoms with van der Waals surface area (Å²) in [6.07, 6.45) is 0. The molecule has 0 aromatic heterocycles. The van der Waals surface area contributed by atoms with Gasteiger partial charge >= 0.3 is 5.97 Å². The van der Waals surface area contributed by atoms with Crippen molar-refractivity contribution >= 4 is 34.5 Å². The Morgan fingerprint density at radius 3 is 2.13 bits per heavy atom. The van der Waals surface area contributed by atoms with Crippen LogP contribution in [0, 0.1) is 5.92 Å². The number of benzene rings is 1. The fraction of sp³-hybridized carbons (Fsp3) is 0.375. The standard InChI is InChI=1S/C16H19NO5S/c1-9(15(20)17-10(2)16(21)22)14(23-11(3)18)13(19)12-7-5-4-6-8-12/h4-10,14H,1-3H3,(H,17,20)(H,21,22)/t9?,10-,14?/m0/s1. The molecular formula is C16H19NO5S. The first-order valence-electron chi connectivity index (χ1n) is 7.03. The number of carbonyl (C=O) groups excluding carboxylic acids is 3. The van der Waals surface area contributed by atoms with E-state index in [1.807, 2.05) is 0 Å². The van der Waals surface area contributed by atoms with Gasteiger partial charge in [0.2, 0.25) is 5.91 Å². The lowest BCUT2D eigenvalue weighted by molar-refractivity contribution is -0.141. The molecule has 0 saturated heterocycles. The van der Waals surface area contributed by atoms with E-state index in [-0.39, 0.29) is 10.9 Å². The first-order valence-corrected chi connectivity index (χ1v) is 7.91. The molecule has 3 atom stereocenters. The second-order valence-electron chi connectivity index (χ2n) is 5.12. The van der Waals surface area contributed by atoms with E-state index in [0.29, 0.717) is 5.56 Å². The zero-order valence-corrected chi connectivity index (χ0v) is 13.9. The molecule has 124 valence electrons. The summed E-state index contributed by atoms with van der Waals surface area (Å²) in [6, 6.07) is 7.30. The highest BCUT2D eigenvalue weighted by Gasteiger charge is 2.33. The van der Waals surface area contributed by atoms with Gasteiger partial charge in [0, 0.05) is 12.5 Å². The Hall–Kier alpha value is -2.15. The molecule has 0 bridgehead atoms. The normalized spacial score (nSPS) is 14.4. The van der Waals surface area contributed by atoms with Gasteiger partial charge in [0.15, 0.2) is 10.9 Å². The largest absolute Gasteiger partial charge is 0.480 e. The summed E-state index contributed by atoms with van der Waals surface area (Å²) in [5.41, 5.74) is 0.400. The van der Waals surface area contributed by atoms with Crippen LogP contribution in [0.15, 0.2) is 30.3 Å². The number of aliphatic carboxylic acids is 1. The van der Waals surface area contributed by atoms with Crippen LogP contribution < -0.4 is 5.32 Å². The summed E-state index contributed by atoms with van der Waals surface area (Å²) in [7, 11) is 0. The van der Waals surface area contributed by atoms with E-state index in [0.717, 1.165) is 11.8 Å². The van der Waals surface area contributed by atoms with Crippen molar-refractivity contribution in [3.05, 3.63) is 35.9 Å². The van der Waals surface area contributed by atoms with Crippen LogP contribution in [0.3, 0.4) is 0 Å². The van der Waals surface area contributed by atoms with E-state index in [4.69, 9.17) is 5.11 Å².